The fourth-order valence-electron chi connectivity index (χ4n) is 2.48. The van der Waals surface area contributed by atoms with E-state index >= 15 is 0 Å². The van der Waals surface area contributed by atoms with Crippen LogP contribution in [0.25, 0.3) is 0 Å². The molecule has 1 amide bonds. The molecule has 0 spiro atoms. The van der Waals surface area contributed by atoms with E-state index in [1.807, 2.05) is 32.0 Å². The minimum atomic E-state index is -4.39. The molecular formula is C19H18F3N3O3. The largest absolute Gasteiger partial charge is 0.485 e. The lowest BCUT2D eigenvalue weighted by Crippen LogP contribution is -2.17. The van der Waals surface area contributed by atoms with E-state index in [2.05, 4.69) is 10.4 Å². The maximum atomic E-state index is 12.3. The van der Waals surface area contributed by atoms with Crippen molar-refractivity contribution >= 4 is 11.6 Å². The van der Waals surface area contributed by atoms with Gasteiger partial charge >= 0.3 is 6.18 Å². The van der Waals surface area contributed by atoms with Gasteiger partial charge in [0, 0.05) is 6.20 Å². The fourth-order valence-corrected chi connectivity index (χ4v) is 2.48. The highest BCUT2D eigenvalue weighted by Gasteiger charge is 2.28. The Balaban J connectivity index is 1.59. The first-order valence-corrected chi connectivity index (χ1v) is 8.39. The topological polar surface area (TPSA) is 69.3 Å². The zero-order valence-corrected chi connectivity index (χ0v) is 15.2. The van der Waals surface area contributed by atoms with E-state index in [1.165, 1.54) is 6.07 Å². The molecule has 0 radical (unpaired) electrons. The predicted octanol–water partition coefficient (Wildman–Crippen LogP) is 4.49. The van der Waals surface area contributed by atoms with E-state index < -0.39 is 18.6 Å². The number of carbonyl (C=O) groups is 1. The van der Waals surface area contributed by atoms with Gasteiger partial charge in [0.15, 0.2) is 5.76 Å². The standard InChI is InChI=1S/C19H18F3N3O3/c1-12-3-4-13(2)17(7-12)27-10-15-5-6-16(28-15)18(26)24-14-8-23-25(9-14)11-19(20,21)22/h3-9H,10-11H2,1-2H3,(H,24,26). The van der Waals surface area contributed by atoms with Gasteiger partial charge in [-0.2, -0.15) is 18.3 Å². The third-order valence-electron chi connectivity index (χ3n) is 3.83. The quantitative estimate of drug-likeness (QED) is 0.670. The minimum Gasteiger partial charge on any atom is -0.485 e. The second-order valence-electron chi connectivity index (χ2n) is 6.32. The minimum absolute atomic E-state index is 0.0168. The van der Waals surface area contributed by atoms with E-state index in [0.29, 0.717) is 10.4 Å². The first kappa shape index (κ1) is 19.5. The number of hydrogen-bond acceptors (Lipinski definition) is 4. The Morgan fingerprint density at radius 1 is 1.25 bits per heavy atom. The Hall–Kier alpha value is -3.23. The maximum absolute atomic E-state index is 12.3. The SMILES string of the molecule is Cc1ccc(C)c(OCc2ccc(C(=O)Nc3cnn(CC(F)(F)F)c3)o2)c1. The molecule has 0 aliphatic rings. The van der Waals surface area contributed by atoms with Gasteiger partial charge in [0.1, 0.15) is 24.7 Å². The number of nitrogens with zero attached hydrogens (tertiary/aromatic N) is 2. The van der Waals surface area contributed by atoms with Gasteiger partial charge in [-0.1, -0.05) is 12.1 Å². The second-order valence-corrected chi connectivity index (χ2v) is 6.32. The summed E-state index contributed by atoms with van der Waals surface area (Å²) in [4.78, 5) is 12.2. The molecule has 6 nitrogen and oxygen atoms in total. The van der Waals surface area contributed by atoms with E-state index in [1.54, 1.807) is 6.07 Å². The average Bonchev–Trinajstić information content (AvgIpc) is 3.24. The molecule has 0 unspecified atom stereocenters. The van der Waals surface area contributed by atoms with Crippen molar-refractivity contribution in [3.63, 3.8) is 0 Å². The molecule has 3 rings (SSSR count). The Bertz CT molecular complexity index is 976. The molecule has 0 aliphatic heterocycles. The number of anilines is 1. The van der Waals surface area contributed by atoms with Gasteiger partial charge in [0.2, 0.25) is 0 Å². The lowest BCUT2D eigenvalue weighted by atomic mass is 10.1. The molecular weight excluding hydrogens is 375 g/mol. The number of furan rings is 1. The van der Waals surface area contributed by atoms with Crippen LogP contribution in [0, 0.1) is 13.8 Å². The van der Waals surface area contributed by atoms with Crippen LogP contribution >= 0.6 is 0 Å². The number of nitrogens with one attached hydrogen (secondary N) is 1. The van der Waals surface area contributed by atoms with E-state index in [9.17, 15) is 18.0 Å². The number of carbonyl (C=O) groups excluding carboxylic acids is 1. The van der Waals surface area contributed by atoms with Gasteiger partial charge in [0.25, 0.3) is 5.91 Å². The lowest BCUT2D eigenvalue weighted by Gasteiger charge is -2.08. The van der Waals surface area contributed by atoms with Crippen LogP contribution in [0.5, 0.6) is 5.75 Å². The van der Waals surface area contributed by atoms with Gasteiger partial charge in [-0.15, -0.1) is 0 Å². The molecule has 1 N–H and O–H groups in total. The number of hydrogen-bond donors (Lipinski definition) is 1. The highest BCUT2D eigenvalue weighted by Crippen LogP contribution is 2.21. The van der Waals surface area contributed by atoms with Gasteiger partial charge in [-0.05, 0) is 43.2 Å². The summed E-state index contributed by atoms with van der Waals surface area (Å²) in [7, 11) is 0. The molecule has 0 aliphatic carbocycles. The summed E-state index contributed by atoms with van der Waals surface area (Å²) in [6, 6.07) is 8.91. The average molecular weight is 393 g/mol. The summed E-state index contributed by atoms with van der Waals surface area (Å²) < 4.78 is 48.9. The summed E-state index contributed by atoms with van der Waals surface area (Å²) >= 11 is 0. The Kier molecular flexibility index (Phi) is 5.43. The molecule has 0 saturated heterocycles. The third-order valence-corrected chi connectivity index (χ3v) is 3.83. The molecule has 0 fully saturated rings. The van der Waals surface area contributed by atoms with Crippen LogP contribution in [-0.4, -0.2) is 21.9 Å². The van der Waals surface area contributed by atoms with Crippen molar-refractivity contribution in [2.24, 2.45) is 0 Å². The van der Waals surface area contributed by atoms with Crippen LogP contribution < -0.4 is 10.1 Å². The number of aryl methyl sites for hydroxylation is 2. The Morgan fingerprint density at radius 3 is 2.79 bits per heavy atom. The molecule has 28 heavy (non-hydrogen) atoms. The first-order chi connectivity index (χ1) is 13.2. The van der Waals surface area contributed by atoms with Crippen molar-refractivity contribution in [2.75, 3.05) is 5.32 Å². The highest BCUT2D eigenvalue weighted by atomic mass is 19.4. The zero-order chi connectivity index (χ0) is 20.3. The van der Waals surface area contributed by atoms with Crippen molar-refractivity contribution in [1.29, 1.82) is 0 Å². The summed E-state index contributed by atoms with van der Waals surface area (Å²) in [5.41, 5.74) is 2.18. The van der Waals surface area contributed by atoms with Crippen molar-refractivity contribution in [3.05, 3.63) is 65.4 Å². The summed E-state index contributed by atoms with van der Waals surface area (Å²) in [6.07, 6.45) is -2.16. The molecule has 0 atom stereocenters. The monoisotopic (exact) mass is 393 g/mol. The van der Waals surface area contributed by atoms with Crippen LogP contribution in [0.3, 0.4) is 0 Å². The van der Waals surface area contributed by atoms with E-state index in [-0.39, 0.29) is 18.1 Å². The predicted molar refractivity (Wildman–Crippen MR) is 95.2 cm³/mol. The van der Waals surface area contributed by atoms with E-state index in [4.69, 9.17) is 9.15 Å². The summed E-state index contributed by atoms with van der Waals surface area (Å²) in [5, 5.41) is 6.01. The molecule has 9 heteroatoms. The number of aromatic nitrogens is 2. The summed E-state index contributed by atoms with van der Waals surface area (Å²) in [6.45, 7) is 2.79. The van der Waals surface area contributed by atoms with Crippen LogP contribution in [0.15, 0.2) is 47.1 Å². The Labute approximate surface area is 158 Å². The fraction of sp³-hybridized carbons (Fsp3) is 0.263. The van der Waals surface area contributed by atoms with Crippen molar-refractivity contribution < 1.29 is 27.1 Å². The van der Waals surface area contributed by atoms with Gasteiger partial charge in [0.05, 0.1) is 11.9 Å². The number of rotatable bonds is 6. The molecule has 0 bridgehead atoms. The summed E-state index contributed by atoms with van der Waals surface area (Å²) in [5.74, 6) is 0.589. The molecule has 148 valence electrons. The molecule has 1 aromatic carbocycles. The van der Waals surface area contributed by atoms with Crippen molar-refractivity contribution in [1.82, 2.24) is 9.78 Å². The number of benzene rings is 1. The molecule has 2 heterocycles. The van der Waals surface area contributed by atoms with Crippen LogP contribution in [-0.2, 0) is 13.2 Å². The van der Waals surface area contributed by atoms with Crippen molar-refractivity contribution in [2.45, 2.75) is 33.2 Å². The maximum Gasteiger partial charge on any atom is 0.408 e. The molecule has 0 saturated carbocycles. The Morgan fingerprint density at radius 2 is 2.04 bits per heavy atom. The van der Waals surface area contributed by atoms with E-state index in [0.717, 1.165) is 29.3 Å². The number of amides is 1. The first-order valence-electron chi connectivity index (χ1n) is 8.39. The normalized spacial score (nSPS) is 11.5. The van der Waals surface area contributed by atoms with Crippen LogP contribution in [0.4, 0.5) is 18.9 Å². The van der Waals surface area contributed by atoms with Crippen molar-refractivity contribution in [3.8, 4) is 5.75 Å². The second kappa shape index (κ2) is 7.79. The third kappa shape index (κ3) is 5.15. The number of alkyl halides is 3. The smallest absolute Gasteiger partial charge is 0.408 e. The molecule has 3 aromatic rings. The van der Waals surface area contributed by atoms with Crippen LogP contribution in [0.2, 0.25) is 0 Å². The highest BCUT2D eigenvalue weighted by molar-refractivity contribution is 6.02. The zero-order valence-electron chi connectivity index (χ0n) is 15.2. The van der Waals surface area contributed by atoms with Gasteiger partial charge in [-0.25, -0.2) is 0 Å². The van der Waals surface area contributed by atoms with Gasteiger partial charge in [-0.3, -0.25) is 9.48 Å². The number of ether oxygens (including phenoxy) is 1. The lowest BCUT2D eigenvalue weighted by molar-refractivity contribution is -0.142. The number of halogens is 3. The van der Waals surface area contributed by atoms with Gasteiger partial charge < -0.3 is 14.5 Å². The molecule has 2 aromatic heterocycles. The van der Waals surface area contributed by atoms with Crippen LogP contribution in [0.1, 0.15) is 27.4 Å².